The summed E-state index contributed by atoms with van der Waals surface area (Å²) in [6.07, 6.45) is 1.83. The summed E-state index contributed by atoms with van der Waals surface area (Å²) in [5, 5.41) is 1.18. The summed E-state index contributed by atoms with van der Waals surface area (Å²) < 4.78 is 2.19. The Kier molecular flexibility index (Phi) is 2.71. The van der Waals surface area contributed by atoms with E-state index in [1.54, 1.807) is 11.3 Å². The molecule has 3 nitrogen and oxygen atoms in total. The van der Waals surface area contributed by atoms with Gasteiger partial charge in [0.1, 0.15) is 16.3 Å². The maximum Gasteiger partial charge on any atom is 0.165 e. The highest BCUT2D eigenvalue weighted by atomic mass is 32.1. The standard InChI is InChI=1S/C15H17N3S/c1-10-7-8-12(19-10)18-13-11(6-5-9-16-13)17-14(18)15(2,3)4/h5-9H,1-4H3. The van der Waals surface area contributed by atoms with E-state index in [9.17, 15) is 0 Å². The number of aryl methyl sites for hydroxylation is 1. The fourth-order valence-corrected chi connectivity index (χ4v) is 3.03. The summed E-state index contributed by atoms with van der Waals surface area (Å²) in [5.74, 6) is 1.06. The Bertz CT molecular complexity index is 731. The van der Waals surface area contributed by atoms with E-state index in [1.165, 1.54) is 9.88 Å². The zero-order valence-electron chi connectivity index (χ0n) is 11.6. The van der Waals surface area contributed by atoms with Gasteiger partial charge in [-0.3, -0.25) is 4.57 Å². The zero-order chi connectivity index (χ0) is 13.6. The number of rotatable bonds is 1. The number of imidazole rings is 1. The fraction of sp³-hybridized carbons (Fsp3) is 0.333. The molecule has 0 amide bonds. The van der Waals surface area contributed by atoms with Crippen LogP contribution in [0.3, 0.4) is 0 Å². The lowest BCUT2D eigenvalue weighted by atomic mass is 9.96. The highest BCUT2D eigenvalue weighted by Gasteiger charge is 2.24. The molecule has 0 atom stereocenters. The lowest BCUT2D eigenvalue weighted by Crippen LogP contribution is -2.17. The van der Waals surface area contributed by atoms with Crippen molar-refractivity contribution in [3.63, 3.8) is 0 Å². The molecule has 0 bridgehead atoms. The van der Waals surface area contributed by atoms with Gasteiger partial charge in [0.05, 0.1) is 0 Å². The molecule has 0 radical (unpaired) electrons. The molecule has 3 aromatic rings. The van der Waals surface area contributed by atoms with E-state index in [0.29, 0.717) is 0 Å². The van der Waals surface area contributed by atoms with Crippen molar-refractivity contribution in [1.29, 1.82) is 0 Å². The predicted octanol–water partition coefficient (Wildman–Crippen LogP) is 4.09. The number of hydrogen-bond donors (Lipinski definition) is 0. The summed E-state index contributed by atoms with van der Waals surface area (Å²) >= 11 is 1.77. The summed E-state index contributed by atoms with van der Waals surface area (Å²) in [6, 6.07) is 8.24. The Labute approximate surface area is 116 Å². The van der Waals surface area contributed by atoms with Crippen LogP contribution in [0.15, 0.2) is 30.5 Å². The van der Waals surface area contributed by atoms with E-state index in [1.807, 2.05) is 18.3 Å². The molecule has 0 unspecified atom stereocenters. The number of nitrogens with zero attached hydrogens (tertiary/aromatic N) is 3. The van der Waals surface area contributed by atoms with Crippen LogP contribution in [0.25, 0.3) is 16.2 Å². The van der Waals surface area contributed by atoms with Gasteiger partial charge in [0.25, 0.3) is 0 Å². The van der Waals surface area contributed by atoms with Gasteiger partial charge in [0.2, 0.25) is 0 Å². The molecule has 0 aliphatic heterocycles. The van der Waals surface area contributed by atoms with Crippen LogP contribution in [-0.4, -0.2) is 14.5 Å². The number of hydrogen-bond acceptors (Lipinski definition) is 3. The van der Waals surface area contributed by atoms with E-state index in [2.05, 4.69) is 49.4 Å². The highest BCUT2D eigenvalue weighted by Crippen LogP contribution is 2.31. The average molecular weight is 271 g/mol. The minimum absolute atomic E-state index is 0.0153. The van der Waals surface area contributed by atoms with Gasteiger partial charge >= 0.3 is 0 Å². The molecule has 0 fully saturated rings. The minimum atomic E-state index is -0.0153. The van der Waals surface area contributed by atoms with Crippen molar-refractivity contribution in [2.45, 2.75) is 33.1 Å². The highest BCUT2D eigenvalue weighted by molar-refractivity contribution is 7.14. The molecular formula is C15H17N3S. The van der Waals surface area contributed by atoms with E-state index in [4.69, 9.17) is 4.98 Å². The third kappa shape index (κ3) is 2.06. The first-order valence-corrected chi connectivity index (χ1v) is 7.19. The van der Waals surface area contributed by atoms with Crippen molar-refractivity contribution in [3.8, 4) is 5.00 Å². The molecule has 0 aliphatic carbocycles. The van der Waals surface area contributed by atoms with Gasteiger partial charge < -0.3 is 0 Å². The largest absolute Gasteiger partial charge is 0.271 e. The maximum atomic E-state index is 4.78. The second kappa shape index (κ2) is 4.17. The summed E-state index contributed by atoms with van der Waals surface area (Å²) in [6.45, 7) is 8.68. The van der Waals surface area contributed by atoms with Crippen LogP contribution in [0.2, 0.25) is 0 Å². The summed E-state index contributed by atoms with van der Waals surface area (Å²) in [4.78, 5) is 10.6. The van der Waals surface area contributed by atoms with Crippen LogP contribution < -0.4 is 0 Å². The first-order valence-electron chi connectivity index (χ1n) is 6.37. The molecule has 0 aromatic carbocycles. The van der Waals surface area contributed by atoms with Crippen molar-refractivity contribution in [3.05, 3.63) is 41.2 Å². The Morgan fingerprint density at radius 2 is 1.95 bits per heavy atom. The number of aromatic nitrogens is 3. The Morgan fingerprint density at radius 1 is 1.16 bits per heavy atom. The molecule has 3 aromatic heterocycles. The molecule has 0 spiro atoms. The molecule has 0 N–H and O–H groups in total. The van der Waals surface area contributed by atoms with E-state index < -0.39 is 0 Å². The average Bonchev–Trinajstić information content (AvgIpc) is 2.91. The topological polar surface area (TPSA) is 30.7 Å². The van der Waals surface area contributed by atoms with Gasteiger partial charge in [-0.2, -0.15) is 0 Å². The first kappa shape index (κ1) is 12.4. The van der Waals surface area contributed by atoms with Crippen LogP contribution in [-0.2, 0) is 5.41 Å². The van der Waals surface area contributed by atoms with Gasteiger partial charge in [-0.25, -0.2) is 9.97 Å². The number of pyridine rings is 1. The summed E-state index contributed by atoms with van der Waals surface area (Å²) in [5.41, 5.74) is 1.88. The fourth-order valence-electron chi connectivity index (χ4n) is 2.17. The second-order valence-corrected chi connectivity index (χ2v) is 7.02. The summed E-state index contributed by atoms with van der Waals surface area (Å²) in [7, 11) is 0. The van der Waals surface area contributed by atoms with Crippen LogP contribution >= 0.6 is 11.3 Å². The molecule has 4 heteroatoms. The Balaban J connectivity index is 2.37. The molecule has 0 saturated carbocycles. The van der Waals surface area contributed by atoms with E-state index in [-0.39, 0.29) is 5.41 Å². The SMILES string of the molecule is Cc1ccc(-n2c(C(C)(C)C)nc3cccnc32)s1. The lowest BCUT2D eigenvalue weighted by molar-refractivity contribution is 0.540. The smallest absolute Gasteiger partial charge is 0.165 e. The van der Waals surface area contributed by atoms with Crippen molar-refractivity contribution < 1.29 is 0 Å². The van der Waals surface area contributed by atoms with Crippen molar-refractivity contribution in [2.24, 2.45) is 0 Å². The lowest BCUT2D eigenvalue weighted by Gasteiger charge is -2.18. The maximum absolute atomic E-state index is 4.78. The quantitative estimate of drug-likeness (QED) is 0.667. The third-order valence-corrected chi connectivity index (χ3v) is 4.02. The van der Waals surface area contributed by atoms with Gasteiger partial charge in [-0.1, -0.05) is 20.8 Å². The Hall–Kier alpha value is -1.68. The molecule has 98 valence electrons. The first-order chi connectivity index (χ1) is 8.97. The van der Waals surface area contributed by atoms with Gasteiger partial charge in [-0.05, 0) is 31.2 Å². The van der Waals surface area contributed by atoms with Gasteiger partial charge in [-0.15, -0.1) is 11.3 Å². The second-order valence-electron chi connectivity index (χ2n) is 5.75. The van der Waals surface area contributed by atoms with E-state index >= 15 is 0 Å². The minimum Gasteiger partial charge on any atom is -0.271 e. The molecule has 0 saturated heterocycles. The predicted molar refractivity (Wildman–Crippen MR) is 80.2 cm³/mol. The monoisotopic (exact) mass is 271 g/mol. The third-order valence-electron chi connectivity index (χ3n) is 3.03. The molecular weight excluding hydrogens is 254 g/mol. The van der Waals surface area contributed by atoms with Crippen LogP contribution in [0.5, 0.6) is 0 Å². The molecule has 0 aliphatic rings. The van der Waals surface area contributed by atoms with Gasteiger partial charge in [0, 0.05) is 16.5 Å². The van der Waals surface area contributed by atoms with Gasteiger partial charge in [0.15, 0.2) is 5.65 Å². The van der Waals surface area contributed by atoms with Crippen molar-refractivity contribution in [2.75, 3.05) is 0 Å². The molecule has 3 heterocycles. The zero-order valence-corrected chi connectivity index (χ0v) is 12.5. The van der Waals surface area contributed by atoms with Crippen molar-refractivity contribution in [1.82, 2.24) is 14.5 Å². The Morgan fingerprint density at radius 3 is 2.58 bits per heavy atom. The number of thiophene rings is 1. The molecule has 3 rings (SSSR count). The van der Waals surface area contributed by atoms with Crippen LogP contribution in [0.4, 0.5) is 0 Å². The van der Waals surface area contributed by atoms with Crippen LogP contribution in [0.1, 0.15) is 31.5 Å². The van der Waals surface area contributed by atoms with E-state index in [0.717, 1.165) is 17.0 Å². The normalized spacial score (nSPS) is 12.2. The number of fused-ring (bicyclic) bond motifs is 1. The van der Waals surface area contributed by atoms with Crippen LogP contribution in [0, 0.1) is 6.92 Å². The van der Waals surface area contributed by atoms with Crippen molar-refractivity contribution >= 4 is 22.5 Å². The molecule has 19 heavy (non-hydrogen) atoms.